The van der Waals surface area contributed by atoms with Crippen LogP contribution in [0.15, 0.2) is 36.4 Å². The third-order valence-electron chi connectivity index (χ3n) is 11.9. The van der Waals surface area contributed by atoms with E-state index in [1.165, 1.54) is 24.3 Å². The Morgan fingerprint density at radius 3 is 2.19 bits per heavy atom. The molecule has 2 fully saturated rings. The van der Waals surface area contributed by atoms with Crippen molar-refractivity contribution in [3.63, 3.8) is 0 Å². The Labute approximate surface area is 346 Å². The maximum absolute atomic E-state index is 14.6. The number of hydrogen-bond donors (Lipinski definition) is 5. The molecule has 6 unspecified atom stereocenters. The molecule has 6 rings (SSSR count). The Hall–Kier alpha value is -4.89. The highest BCUT2D eigenvalue weighted by Gasteiger charge is 2.41. The summed E-state index contributed by atoms with van der Waals surface area (Å²) in [5.74, 6) is -0.529. The van der Waals surface area contributed by atoms with Crippen molar-refractivity contribution < 1.29 is 28.0 Å². The predicted molar refractivity (Wildman–Crippen MR) is 227 cm³/mol. The second-order valence-corrected chi connectivity index (χ2v) is 17.2. The van der Waals surface area contributed by atoms with Crippen molar-refractivity contribution in [1.82, 2.24) is 45.6 Å². The smallest absolute Gasteiger partial charge is 0.245 e. The van der Waals surface area contributed by atoms with E-state index in [4.69, 9.17) is 4.98 Å². The molecule has 4 heterocycles. The number of aromatic nitrogens is 3. The number of halogens is 2. The average molecular weight is 820 g/mol. The van der Waals surface area contributed by atoms with Crippen molar-refractivity contribution in [3.05, 3.63) is 53.6 Å². The first-order valence-electron chi connectivity index (χ1n) is 20.9. The van der Waals surface area contributed by atoms with Crippen molar-refractivity contribution in [1.29, 1.82) is 0 Å². The Kier molecular flexibility index (Phi) is 14.9. The van der Waals surface area contributed by atoms with E-state index in [0.717, 1.165) is 55.0 Å². The lowest BCUT2D eigenvalue weighted by molar-refractivity contribution is -0.140. The molecule has 4 amide bonds. The van der Waals surface area contributed by atoms with Gasteiger partial charge in [0.15, 0.2) is 5.82 Å². The maximum atomic E-state index is 14.6. The summed E-state index contributed by atoms with van der Waals surface area (Å²) in [4.78, 5) is 62.2. The number of H-pyrrole nitrogens is 1. The number of nitrogens with zero attached hydrogens (tertiary/aromatic N) is 4. The number of carbonyl (C=O) groups excluding carboxylic acids is 4. The highest BCUT2D eigenvalue weighted by Crippen LogP contribution is 2.37. The van der Waals surface area contributed by atoms with Crippen LogP contribution in [-0.4, -0.2) is 112 Å². The van der Waals surface area contributed by atoms with Gasteiger partial charge in [0.2, 0.25) is 24.1 Å². The molecule has 0 saturated carbocycles. The number of nitrogens with one attached hydrogen (secondary N) is 5. The van der Waals surface area contributed by atoms with Crippen LogP contribution in [0.25, 0.3) is 33.5 Å². The largest absolute Gasteiger partial charge is 0.352 e. The zero-order chi connectivity index (χ0) is 43.2. The van der Waals surface area contributed by atoms with Gasteiger partial charge >= 0.3 is 0 Å². The summed E-state index contributed by atoms with van der Waals surface area (Å²) >= 11 is 0. The van der Waals surface area contributed by atoms with Gasteiger partial charge in [-0.3, -0.25) is 19.2 Å². The van der Waals surface area contributed by atoms with Crippen LogP contribution in [0.1, 0.15) is 86.1 Å². The fourth-order valence-corrected chi connectivity index (χ4v) is 7.90. The van der Waals surface area contributed by atoms with Gasteiger partial charge < -0.3 is 40.6 Å². The lowest BCUT2D eigenvalue weighted by Crippen LogP contribution is -2.58. The topological polar surface area (TPSA) is 156 Å². The molecule has 2 saturated heterocycles. The van der Waals surface area contributed by atoms with E-state index in [-0.39, 0.29) is 47.7 Å². The van der Waals surface area contributed by atoms with E-state index in [2.05, 4.69) is 33.2 Å². The molecule has 0 radical (unpaired) electrons. The Morgan fingerprint density at radius 1 is 0.915 bits per heavy atom. The molecule has 13 nitrogen and oxygen atoms in total. The van der Waals surface area contributed by atoms with Gasteiger partial charge in [-0.2, -0.15) is 0 Å². The normalized spacial score (nSPS) is 19.0. The number of likely N-dealkylation sites (N-methyl/N-ethyl adjacent to an activating group) is 2. The van der Waals surface area contributed by atoms with Crippen molar-refractivity contribution in [2.75, 3.05) is 27.2 Å². The quantitative estimate of drug-likeness (QED) is 0.109. The molecule has 2 aliphatic heterocycles. The number of aromatic amines is 1. The molecule has 4 aromatic rings. The van der Waals surface area contributed by atoms with E-state index in [0.29, 0.717) is 48.6 Å². The minimum Gasteiger partial charge on any atom is -0.352 e. The summed E-state index contributed by atoms with van der Waals surface area (Å²) < 4.78 is 31.1. The van der Waals surface area contributed by atoms with E-state index >= 15 is 0 Å². The van der Waals surface area contributed by atoms with Crippen LogP contribution in [0.4, 0.5) is 8.78 Å². The first-order chi connectivity index (χ1) is 28.0. The SMILES string of the molecule is CCC(C)NC(=O)C(C)NC.CNC(C)C(=O)NC(C(=O)N1CCCC1Cc1c(-c2nc3cc(F)ccc3n2CC2CCCN2C=O)[nH]c2cc(F)ccc12)C(C)(C)C. The maximum Gasteiger partial charge on any atom is 0.245 e. The van der Waals surface area contributed by atoms with Crippen LogP contribution in [0, 0.1) is 17.0 Å². The number of rotatable bonds is 14. The number of likely N-dealkylation sites (tertiary alicyclic amines) is 2. The predicted octanol–water partition coefficient (Wildman–Crippen LogP) is 5.26. The van der Waals surface area contributed by atoms with Gasteiger partial charge in [0, 0.05) is 54.7 Å². The fraction of sp³-hybridized carbons (Fsp3) is 0.568. The summed E-state index contributed by atoms with van der Waals surface area (Å²) in [6.45, 7) is 15.2. The van der Waals surface area contributed by atoms with E-state index in [1.54, 1.807) is 38.1 Å². The van der Waals surface area contributed by atoms with Crippen molar-refractivity contribution in [2.24, 2.45) is 5.41 Å². The van der Waals surface area contributed by atoms with Gasteiger partial charge in [0.1, 0.15) is 17.7 Å². The van der Waals surface area contributed by atoms with Crippen LogP contribution in [0.5, 0.6) is 0 Å². The zero-order valence-corrected chi connectivity index (χ0v) is 36.0. The summed E-state index contributed by atoms with van der Waals surface area (Å²) in [5.41, 5.74) is 2.83. The molecule has 59 heavy (non-hydrogen) atoms. The number of carbonyl (C=O) groups is 4. The second-order valence-electron chi connectivity index (χ2n) is 17.2. The average Bonchev–Trinajstić information content (AvgIpc) is 4.01. The molecule has 2 aromatic carbocycles. The number of fused-ring (bicyclic) bond motifs is 2. The van der Waals surface area contributed by atoms with E-state index in [1.807, 2.05) is 44.1 Å². The monoisotopic (exact) mass is 819 g/mol. The third-order valence-corrected chi connectivity index (χ3v) is 11.9. The number of amides is 4. The van der Waals surface area contributed by atoms with Crippen molar-refractivity contribution in [2.45, 2.75) is 130 Å². The first kappa shape index (κ1) is 45.2. The van der Waals surface area contributed by atoms with Gasteiger partial charge in [-0.1, -0.05) is 27.7 Å². The molecule has 6 atom stereocenters. The van der Waals surface area contributed by atoms with Crippen LogP contribution in [0.2, 0.25) is 0 Å². The molecule has 0 bridgehead atoms. The van der Waals surface area contributed by atoms with Crippen molar-refractivity contribution in [3.8, 4) is 11.5 Å². The van der Waals surface area contributed by atoms with Crippen LogP contribution >= 0.6 is 0 Å². The fourth-order valence-electron chi connectivity index (χ4n) is 7.90. The lowest BCUT2D eigenvalue weighted by Gasteiger charge is -2.36. The molecule has 2 aliphatic rings. The van der Waals surface area contributed by atoms with E-state index < -0.39 is 23.3 Å². The Morgan fingerprint density at radius 2 is 1.54 bits per heavy atom. The molecule has 0 aliphatic carbocycles. The number of hydrogen-bond acceptors (Lipinski definition) is 7. The van der Waals surface area contributed by atoms with Gasteiger partial charge in [-0.15, -0.1) is 0 Å². The molecular formula is C44H63F2N9O4. The molecule has 0 spiro atoms. The van der Waals surface area contributed by atoms with Gasteiger partial charge in [0.25, 0.3) is 0 Å². The van der Waals surface area contributed by atoms with Gasteiger partial charge in [-0.05, 0) is 115 Å². The second kappa shape index (κ2) is 19.4. The summed E-state index contributed by atoms with van der Waals surface area (Å²) in [6, 6.07) is 7.89. The highest BCUT2D eigenvalue weighted by atomic mass is 19.1. The summed E-state index contributed by atoms with van der Waals surface area (Å²) in [6.07, 6.45) is 5.61. The van der Waals surface area contributed by atoms with Gasteiger partial charge in [-0.25, -0.2) is 13.8 Å². The lowest BCUT2D eigenvalue weighted by atomic mass is 9.85. The minimum absolute atomic E-state index is 0.0490. The molecule has 322 valence electrons. The molecule has 15 heteroatoms. The van der Waals surface area contributed by atoms with Crippen LogP contribution in [0.3, 0.4) is 0 Å². The first-order valence-corrected chi connectivity index (χ1v) is 20.9. The zero-order valence-electron chi connectivity index (χ0n) is 36.0. The van der Waals surface area contributed by atoms with E-state index in [9.17, 15) is 28.0 Å². The summed E-state index contributed by atoms with van der Waals surface area (Å²) in [7, 11) is 3.48. The molecule has 5 N–H and O–H groups in total. The van der Waals surface area contributed by atoms with Crippen LogP contribution in [-0.2, 0) is 32.1 Å². The van der Waals surface area contributed by atoms with Crippen molar-refractivity contribution >= 4 is 46.1 Å². The van der Waals surface area contributed by atoms with Gasteiger partial charge in [0.05, 0.1) is 28.8 Å². The highest BCUT2D eigenvalue weighted by molar-refractivity contribution is 5.93. The third kappa shape index (κ3) is 10.5. The summed E-state index contributed by atoms with van der Waals surface area (Å²) in [5, 5.41) is 12.5. The number of benzene rings is 2. The van der Waals surface area contributed by atoms with Crippen LogP contribution < -0.4 is 21.3 Å². The number of imidazole rings is 1. The Balaban J connectivity index is 0.000000528. The molecule has 2 aromatic heterocycles. The standard InChI is InChI=1S/C36H45F2N7O3.C8H18N2O/c1-21(39-5)34(47)42-32(36(2,3)4)35(48)44-15-7-8-24(44)18-27-26-12-10-22(37)16-28(26)40-31(27)33-41-29-17-23(38)11-13-30(29)45(33)19-25-9-6-14-43(25)20-46;1-5-6(2)10-8(11)7(3)9-4/h10-13,16-17,20-21,24-25,32,39-40H,6-9,14-15,18-19H2,1-5H3,(H,42,47);6-7,9H,5H2,1-4H3,(H,10,11). The minimum atomic E-state index is -0.732. The molecular weight excluding hydrogens is 757 g/mol. The Bertz CT molecular complexity index is 2110.